The molecule has 1 aliphatic heterocycles. The van der Waals surface area contributed by atoms with Crippen molar-refractivity contribution in [2.24, 2.45) is 0 Å². The predicted octanol–water partition coefficient (Wildman–Crippen LogP) is 1.97. The predicted molar refractivity (Wildman–Crippen MR) is 81.4 cm³/mol. The van der Waals surface area contributed by atoms with E-state index in [0.29, 0.717) is 12.1 Å². The standard InChI is InChI=1S/C16H27N3/c1-14(9-11-18(2)3)19-12-10-17-16(13-19)15-7-5-4-6-8-15/h4-8,14,16-17H,9-13H2,1-3H3. The summed E-state index contributed by atoms with van der Waals surface area (Å²) in [6, 6.07) is 11.9. The zero-order chi connectivity index (χ0) is 13.7. The number of nitrogens with one attached hydrogen (secondary N) is 1. The lowest BCUT2D eigenvalue weighted by Gasteiger charge is -2.38. The Kier molecular flexibility index (Phi) is 5.37. The van der Waals surface area contributed by atoms with E-state index in [1.165, 1.54) is 18.5 Å². The fraction of sp³-hybridized carbons (Fsp3) is 0.625. The van der Waals surface area contributed by atoms with E-state index in [1.54, 1.807) is 0 Å². The summed E-state index contributed by atoms with van der Waals surface area (Å²) in [4.78, 5) is 4.89. The Hall–Kier alpha value is -0.900. The monoisotopic (exact) mass is 261 g/mol. The highest BCUT2D eigenvalue weighted by Crippen LogP contribution is 2.19. The highest BCUT2D eigenvalue weighted by atomic mass is 15.2. The number of hydrogen-bond acceptors (Lipinski definition) is 3. The zero-order valence-corrected chi connectivity index (χ0v) is 12.5. The maximum Gasteiger partial charge on any atom is 0.0449 e. The first-order valence-corrected chi connectivity index (χ1v) is 7.34. The molecule has 3 nitrogen and oxygen atoms in total. The highest BCUT2D eigenvalue weighted by molar-refractivity contribution is 5.19. The van der Waals surface area contributed by atoms with Gasteiger partial charge in [0.05, 0.1) is 0 Å². The largest absolute Gasteiger partial charge is 0.309 e. The molecule has 0 radical (unpaired) electrons. The van der Waals surface area contributed by atoms with Crippen molar-refractivity contribution in [3.8, 4) is 0 Å². The van der Waals surface area contributed by atoms with Crippen LogP contribution in [0.1, 0.15) is 24.9 Å². The van der Waals surface area contributed by atoms with Crippen LogP contribution in [0.5, 0.6) is 0 Å². The smallest absolute Gasteiger partial charge is 0.0449 e. The molecule has 0 spiro atoms. The summed E-state index contributed by atoms with van der Waals surface area (Å²) in [5, 5.41) is 3.63. The molecule has 2 rings (SSSR count). The van der Waals surface area contributed by atoms with Gasteiger partial charge >= 0.3 is 0 Å². The van der Waals surface area contributed by atoms with E-state index in [-0.39, 0.29) is 0 Å². The molecule has 19 heavy (non-hydrogen) atoms. The van der Waals surface area contributed by atoms with Gasteiger partial charge in [0.25, 0.3) is 0 Å². The number of rotatable bonds is 5. The third kappa shape index (κ3) is 4.30. The van der Waals surface area contributed by atoms with Gasteiger partial charge in [0, 0.05) is 31.7 Å². The summed E-state index contributed by atoms with van der Waals surface area (Å²) in [5.41, 5.74) is 1.41. The minimum absolute atomic E-state index is 0.483. The van der Waals surface area contributed by atoms with Gasteiger partial charge < -0.3 is 10.2 Å². The van der Waals surface area contributed by atoms with Crippen LogP contribution < -0.4 is 5.32 Å². The van der Waals surface area contributed by atoms with Gasteiger partial charge in [-0.3, -0.25) is 4.90 Å². The molecule has 0 amide bonds. The summed E-state index contributed by atoms with van der Waals surface area (Å²) in [6.45, 7) is 6.90. The average molecular weight is 261 g/mol. The summed E-state index contributed by atoms with van der Waals surface area (Å²) in [7, 11) is 4.30. The highest BCUT2D eigenvalue weighted by Gasteiger charge is 2.23. The van der Waals surface area contributed by atoms with Crippen molar-refractivity contribution < 1.29 is 0 Å². The number of benzene rings is 1. The maximum absolute atomic E-state index is 3.63. The summed E-state index contributed by atoms with van der Waals surface area (Å²) < 4.78 is 0. The maximum atomic E-state index is 3.63. The molecule has 1 heterocycles. The summed E-state index contributed by atoms with van der Waals surface area (Å²) in [6.07, 6.45) is 1.24. The van der Waals surface area contributed by atoms with Crippen molar-refractivity contribution in [3.05, 3.63) is 35.9 Å². The van der Waals surface area contributed by atoms with Gasteiger partial charge in [-0.25, -0.2) is 0 Å². The second-order valence-electron chi connectivity index (χ2n) is 5.85. The van der Waals surface area contributed by atoms with Crippen LogP contribution in [-0.2, 0) is 0 Å². The van der Waals surface area contributed by atoms with Crippen LogP contribution in [0.15, 0.2) is 30.3 Å². The second kappa shape index (κ2) is 7.04. The van der Waals surface area contributed by atoms with Crippen molar-refractivity contribution in [2.45, 2.75) is 25.4 Å². The Labute approximate surface area is 117 Å². The van der Waals surface area contributed by atoms with E-state index < -0.39 is 0 Å². The topological polar surface area (TPSA) is 18.5 Å². The third-order valence-corrected chi connectivity index (χ3v) is 4.03. The van der Waals surface area contributed by atoms with Crippen LogP contribution in [0.2, 0.25) is 0 Å². The van der Waals surface area contributed by atoms with Gasteiger partial charge in [0.15, 0.2) is 0 Å². The number of nitrogens with zero attached hydrogens (tertiary/aromatic N) is 2. The molecule has 1 saturated heterocycles. The minimum Gasteiger partial charge on any atom is -0.309 e. The normalized spacial score (nSPS) is 22.6. The molecule has 0 aliphatic carbocycles. The molecule has 1 N–H and O–H groups in total. The van der Waals surface area contributed by atoms with E-state index in [2.05, 4.69) is 66.5 Å². The molecule has 1 aliphatic rings. The fourth-order valence-electron chi connectivity index (χ4n) is 2.71. The Morgan fingerprint density at radius 1 is 1.32 bits per heavy atom. The quantitative estimate of drug-likeness (QED) is 0.874. The Bertz CT molecular complexity index is 364. The van der Waals surface area contributed by atoms with Crippen molar-refractivity contribution in [3.63, 3.8) is 0 Å². The van der Waals surface area contributed by atoms with Crippen molar-refractivity contribution >= 4 is 0 Å². The van der Waals surface area contributed by atoms with Gasteiger partial charge in [0.1, 0.15) is 0 Å². The molecule has 1 aromatic carbocycles. The molecular weight excluding hydrogens is 234 g/mol. The van der Waals surface area contributed by atoms with Gasteiger partial charge in [0.2, 0.25) is 0 Å². The first-order valence-electron chi connectivity index (χ1n) is 7.34. The molecule has 106 valence electrons. The van der Waals surface area contributed by atoms with Crippen LogP contribution in [0.25, 0.3) is 0 Å². The molecule has 3 heteroatoms. The van der Waals surface area contributed by atoms with E-state index in [0.717, 1.165) is 19.6 Å². The number of hydrogen-bond donors (Lipinski definition) is 1. The number of piperazine rings is 1. The van der Waals surface area contributed by atoms with Crippen LogP contribution in [0.4, 0.5) is 0 Å². The summed E-state index contributed by atoms with van der Waals surface area (Å²) in [5.74, 6) is 0. The molecule has 1 aromatic rings. The molecule has 2 unspecified atom stereocenters. The van der Waals surface area contributed by atoms with Crippen LogP contribution in [0.3, 0.4) is 0 Å². The molecule has 2 atom stereocenters. The Balaban J connectivity index is 1.90. The third-order valence-electron chi connectivity index (χ3n) is 4.03. The van der Waals surface area contributed by atoms with E-state index in [9.17, 15) is 0 Å². The minimum atomic E-state index is 0.483. The molecule has 0 saturated carbocycles. The molecule has 0 aromatic heterocycles. The van der Waals surface area contributed by atoms with Crippen molar-refractivity contribution in [1.82, 2.24) is 15.1 Å². The Morgan fingerprint density at radius 3 is 2.74 bits per heavy atom. The van der Waals surface area contributed by atoms with E-state index in [4.69, 9.17) is 0 Å². The van der Waals surface area contributed by atoms with E-state index >= 15 is 0 Å². The lowest BCUT2D eigenvalue weighted by Crippen LogP contribution is -2.49. The van der Waals surface area contributed by atoms with Gasteiger partial charge in [-0.15, -0.1) is 0 Å². The SMILES string of the molecule is CC(CCN(C)C)N1CCNC(c2ccccc2)C1. The molecule has 0 bridgehead atoms. The lowest BCUT2D eigenvalue weighted by molar-refractivity contribution is 0.140. The summed E-state index contributed by atoms with van der Waals surface area (Å²) >= 11 is 0. The fourth-order valence-corrected chi connectivity index (χ4v) is 2.71. The van der Waals surface area contributed by atoms with Crippen molar-refractivity contribution in [1.29, 1.82) is 0 Å². The first kappa shape index (κ1) is 14.5. The van der Waals surface area contributed by atoms with E-state index in [1.807, 2.05) is 0 Å². The Morgan fingerprint density at radius 2 is 2.05 bits per heavy atom. The van der Waals surface area contributed by atoms with Crippen LogP contribution in [-0.4, -0.2) is 56.1 Å². The molecule has 1 fully saturated rings. The van der Waals surface area contributed by atoms with Crippen LogP contribution >= 0.6 is 0 Å². The van der Waals surface area contributed by atoms with Gasteiger partial charge in [-0.2, -0.15) is 0 Å². The van der Waals surface area contributed by atoms with Gasteiger partial charge in [-0.05, 0) is 39.5 Å². The lowest BCUT2D eigenvalue weighted by atomic mass is 10.0. The van der Waals surface area contributed by atoms with Gasteiger partial charge in [-0.1, -0.05) is 30.3 Å². The van der Waals surface area contributed by atoms with Crippen LogP contribution in [0, 0.1) is 0 Å². The molecular formula is C16H27N3. The second-order valence-corrected chi connectivity index (χ2v) is 5.85. The first-order chi connectivity index (χ1) is 9.16. The zero-order valence-electron chi connectivity index (χ0n) is 12.5. The van der Waals surface area contributed by atoms with Crippen molar-refractivity contribution in [2.75, 3.05) is 40.3 Å². The average Bonchev–Trinajstić information content (AvgIpc) is 2.46.